The molecule has 11 aromatic rings. The highest BCUT2D eigenvalue weighted by Crippen LogP contribution is 2.49. The van der Waals surface area contributed by atoms with Crippen molar-refractivity contribution in [2.24, 2.45) is 0 Å². The van der Waals surface area contributed by atoms with E-state index in [9.17, 15) is 0 Å². The average Bonchev–Trinajstić information content (AvgIpc) is 3.22. The Labute approximate surface area is 314 Å². The number of anilines is 3. The second kappa shape index (κ2) is 12.0. The van der Waals surface area contributed by atoms with Crippen molar-refractivity contribution in [3.8, 4) is 22.3 Å². The topological polar surface area (TPSA) is 3.24 Å². The first-order valence-corrected chi connectivity index (χ1v) is 18.8. The number of para-hydroxylation sites is 1. The van der Waals surface area contributed by atoms with Crippen LogP contribution in [0.1, 0.15) is 5.56 Å². The summed E-state index contributed by atoms with van der Waals surface area (Å²) in [5.74, 6) is 0. The van der Waals surface area contributed by atoms with E-state index in [-0.39, 0.29) is 0 Å². The number of hydrogen-bond donors (Lipinski definition) is 0. The Morgan fingerprint density at radius 3 is 1.63 bits per heavy atom. The Morgan fingerprint density at radius 1 is 0.333 bits per heavy atom. The minimum Gasteiger partial charge on any atom is -0.309 e. The molecular formula is C53H35N. The van der Waals surface area contributed by atoms with Gasteiger partial charge in [0.2, 0.25) is 0 Å². The second-order valence-electron chi connectivity index (χ2n) is 14.6. The number of nitrogens with zero attached hydrogens (tertiary/aromatic N) is 1. The predicted molar refractivity (Wildman–Crippen MR) is 233 cm³/mol. The van der Waals surface area contributed by atoms with Crippen LogP contribution in [-0.4, -0.2) is 0 Å². The molecule has 0 fully saturated rings. The Morgan fingerprint density at radius 2 is 0.889 bits per heavy atom. The van der Waals surface area contributed by atoms with E-state index < -0.39 is 0 Å². The van der Waals surface area contributed by atoms with Crippen LogP contribution in [0.25, 0.3) is 86.9 Å². The third-order valence-corrected chi connectivity index (χ3v) is 11.3. The van der Waals surface area contributed by atoms with Crippen molar-refractivity contribution in [2.45, 2.75) is 6.92 Å². The fraction of sp³-hybridized carbons (Fsp3) is 0.0189. The van der Waals surface area contributed by atoms with Gasteiger partial charge in [-0.05, 0) is 119 Å². The summed E-state index contributed by atoms with van der Waals surface area (Å²) < 4.78 is 0. The van der Waals surface area contributed by atoms with Crippen LogP contribution >= 0.6 is 0 Å². The summed E-state index contributed by atoms with van der Waals surface area (Å²) in [5, 5.41) is 15.2. The zero-order valence-electron chi connectivity index (χ0n) is 29.9. The van der Waals surface area contributed by atoms with E-state index in [0.29, 0.717) is 0 Å². The Balaban J connectivity index is 1.18. The molecule has 11 aromatic carbocycles. The van der Waals surface area contributed by atoms with Gasteiger partial charge in [-0.2, -0.15) is 0 Å². The van der Waals surface area contributed by atoms with Crippen LogP contribution in [0.5, 0.6) is 0 Å². The summed E-state index contributed by atoms with van der Waals surface area (Å²) in [7, 11) is 0. The van der Waals surface area contributed by atoms with E-state index in [2.05, 4.69) is 206 Å². The van der Waals surface area contributed by atoms with Gasteiger partial charge in [-0.3, -0.25) is 0 Å². The summed E-state index contributed by atoms with van der Waals surface area (Å²) in [5.41, 5.74) is 9.69. The van der Waals surface area contributed by atoms with E-state index in [1.54, 1.807) is 0 Å². The molecule has 0 heterocycles. The van der Waals surface area contributed by atoms with Crippen molar-refractivity contribution in [3.05, 3.63) is 200 Å². The van der Waals surface area contributed by atoms with Gasteiger partial charge in [0.15, 0.2) is 0 Å². The number of benzene rings is 11. The van der Waals surface area contributed by atoms with E-state index in [0.717, 1.165) is 11.4 Å². The zero-order valence-corrected chi connectivity index (χ0v) is 29.9. The van der Waals surface area contributed by atoms with Crippen molar-refractivity contribution >= 4 is 81.7 Å². The number of fused-ring (bicyclic) bond motifs is 3. The lowest BCUT2D eigenvalue weighted by Gasteiger charge is -2.30. The maximum absolute atomic E-state index is 2.45. The normalized spacial score (nSPS) is 11.8. The molecule has 0 aromatic heterocycles. The minimum atomic E-state index is 1.13. The van der Waals surface area contributed by atoms with E-state index >= 15 is 0 Å². The quantitative estimate of drug-likeness (QED) is 0.129. The van der Waals surface area contributed by atoms with Gasteiger partial charge in [-0.15, -0.1) is 0 Å². The fourth-order valence-electron chi connectivity index (χ4n) is 9.03. The monoisotopic (exact) mass is 685 g/mol. The zero-order chi connectivity index (χ0) is 35.8. The molecule has 252 valence electrons. The molecule has 0 saturated heterocycles. The van der Waals surface area contributed by atoms with Crippen molar-refractivity contribution in [1.29, 1.82) is 0 Å². The lowest BCUT2D eigenvalue weighted by Crippen LogP contribution is -2.11. The first-order chi connectivity index (χ1) is 26.7. The van der Waals surface area contributed by atoms with E-state index in [4.69, 9.17) is 0 Å². The molecule has 1 heteroatoms. The molecule has 0 saturated carbocycles. The summed E-state index contributed by atoms with van der Waals surface area (Å²) in [4.78, 5) is 2.45. The van der Waals surface area contributed by atoms with Crippen molar-refractivity contribution < 1.29 is 0 Å². The summed E-state index contributed by atoms with van der Waals surface area (Å²) in [6.45, 7) is 2.23. The molecule has 54 heavy (non-hydrogen) atoms. The molecule has 0 N–H and O–H groups in total. The van der Waals surface area contributed by atoms with Crippen LogP contribution in [0.4, 0.5) is 17.1 Å². The van der Waals surface area contributed by atoms with Gasteiger partial charge in [0.1, 0.15) is 0 Å². The molecule has 0 aliphatic rings. The molecule has 0 atom stereocenters. The maximum atomic E-state index is 2.45. The lowest BCUT2D eigenvalue weighted by atomic mass is 9.86. The summed E-state index contributed by atoms with van der Waals surface area (Å²) >= 11 is 0. The van der Waals surface area contributed by atoms with Crippen molar-refractivity contribution in [2.75, 3.05) is 4.90 Å². The predicted octanol–water partition coefficient (Wildman–Crippen LogP) is 15.2. The molecule has 0 radical (unpaired) electrons. The Hall–Kier alpha value is -6.96. The van der Waals surface area contributed by atoms with Crippen LogP contribution in [0, 0.1) is 6.92 Å². The number of rotatable bonds is 5. The van der Waals surface area contributed by atoms with Crippen LogP contribution in [0.3, 0.4) is 0 Å². The van der Waals surface area contributed by atoms with Crippen LogP contribution in [-0.2, 0) is 0 Å². The highest BCUT2D eigenvalue weighted by molar-refractivity contribution is 6.26. The van der Waals surface area contributed by atoms with E-state index in [1.165, 1.54) is 98.1 Å². The van der Waals surface area contributed by atoms with Gasteiger partial charge >= 0.3 is 0 Å². The van der Waals surface area contributed by atoms with Gasteiger partial charge in [0.05, 0.1) is 5.69 Å². The summed E-state index contributed by atoms with van der Waals surface area (Å²) in [6, 6.07) is 71.7. The highest BCUT2D eigenvalue weighted by Gasteiger charge is 2.23. The molecule has 0 spiro atoms. The standard InChI is InChI=1S/C53H35N/c1-34-30-40(44-28-25-38-23-22-36-14-11-15-37-26-29-47(44)52(38)50(36)37)32-41(31-34)51-45-18-7-9-20-48(45)53(49-21-10-8-19-46(49)51)54(42-16-3-2-4-17-42)43-27-24-35-12-5-6-13-39(35)33-43/h2-33H,1H3. The fourth-order valence-corrected chi connectivity index (χ4v) is 9.03. The number of aryl methyl sites for hydroxylation is 1. The van der Waals surface area contributed by atoms with Gasteiger partial charge in [-0.1, -0.05) is 164 Å². The SMILES string of the molecule is Cc1cc(-c2c3ccccc3c(N(c3ccccc3)c3ccc4ccccc4c3)c3ccccc23)cc(-c2ccc3ccc4cccc5ccc2c3c45)c1. The average molecular weight is 686 g/mol. The van der Waals surface area contributed by atoms with Gasteiger partial charge in [0, 0.05) is 22.1 Å². The molecule has 0 aliphatic heterocycles. The maximum Gasteiger partial charge on any atom is 0.0618 e. The van der Waals surface area contributed by atoms with Crippen LogP contribution < -0.4 is 4.90 Å². The molecule has 0 bridgehead atoms. The second-order valence-corrected chi connectivity index (χ2v) is 14.6. The number of hydrogen-bond acceptors (Lipinski definition) is 1. The van der Waals surface area contributed by atoms with Crippen LogP contribution in [0.15, 0.2) is 194 Å². The molecule has 0 aliphatic carbocycles. The molecular weight excluding hydrogens is 651 g/mol. The smallest absolute Gasteiger partial charge is 0.0618 e. The molecule has 1 nitrogen and oxygen atoms in total. The first kappa shape index (κ1) is 30.6. The molecule has 0 amide bonds. The highest BCUT2D eigenvalue weighted by atomic mass is 15.1. The Kier molecular flexibility index (Phi) is 6.84. The van der Waals surface area contributed by atoms with Crippen molar-refractivity contribution in [3.63, 3.8) is 0 Å². The van der Waals surface area contributed by atoms with Gasteiger partial charge in [0.25, 0.3) is 0 Å². The third kappa shape index (κ3) is 4.72. The Bertz CT molecular complexity index is 3160. The van der Waals surface area contributed by atoms with Gasteiger partial charge in [-0.25, -0.2) is 0 Å². The summed E-state index contributed by atoms with van der Waals surface area (Å²) in [6.07, 6.45) is 0. The lowest BCUT2D eigenvalue weighted by molar-refractivity contribution is 1.32. The van der Waals surface area contributed by atoms with Crippen LogP contribution in [0.2, 0.25) is 0 Å². The molecule has 11 rings (SSSR count). The van der Waals surface area contributed by atoms with E-state index in [1.807, 2.05) is 0 Å². The first-order valence-electron chi connectivity index (χ1n) is 18.8. The van der Waals surface area contributed by atoms with Gasteiger partial charge < -0.3 is 4.90 Å². The molecule has 0 unspecified atom stereocenters. The largest absolute Gasteiger partial charge is 0.309 e. The third-order valence-electron chi connectivity index (χ3n) is 11.3. The minimum absolute atomic E-state index is 1.13. The van der Waals surface area contributed by atoms with Crippen molar-refractivity contribution in [1.82, 2.24) is 0 Å².